The van der Waals surface area contributed by atoms with Crippen molar-refractivity contribution in [3.8, 4) is 23.0 Å². The van der Waals surface area contributed by atoms with Crippen LogP contribution in [-0.4, -0.2) is 58.1 Å². The number of esters is 1. The van der Waals surface area contributed by atoms with Crippen molar-refractivity contribution in [2.75, 3.05) is 27.2 Å². The van der Waals surface area contributed by atoms with Gasteiger partial charge in [0.15, 0.2) is 0 Å². The summed E-state index contributed by atoms with van der Waals surface area (Å²) in [6.07, 6.45) is 0. The van der Waals surface area contributed by atoms with Crippen molar-refractivity contribution in [3.63, 3.8) is 0 Å². The van der Waals surface area contributed by atoms with Crippen LogP contribution in [0.5, 0.6) is 0 Å². The number of likely N-dealkylation sites (N-methyl/N-ethyl adjacent to an activating group) is 1. The second kappa shape index (κ2) is 8.13. The van der Waals surface area contributed by atoms with Gasteiger partial charge in [0.1, 0.15) is 18.8 Å². The van der Waals surface area contributed by atoms with E-state index in [1.165, 1.54) is 4.68 Å². The number of aryl methyl sites for hydroxylation is 2. The Morgan fingerprint density at radius 3 is 2.70 bits per heavy atom. The molecule has 0 saturated carbocycles. The van der Waals surface area contributed by atoms with Crippen LogP contribution < -0.4 is 0 Å². The summed E-state index contributed by atoms with van der Waals surface area (Å²) >= 11 is 0. The van der Waals surface area contributed by atoms with Crippen LogP contribution in [0.15, 0.2) is 34.7 Å². The Hall–Kier alpha value is -3.00. The van der Waals surface area contributed by atoms with Gasteiger partial charge in [-0.3, -0.25) is 4.79 Å². The normalized spacial score (nSPS) is 11.1. The summed E-state index contributed by atoms with van der Waals surface area (Å²) in [5.41, 5.74) is 3.29. The maximum atomic E-state index is 12.1. The third-order valence-electron chi connectivity index (χ3n) is 3.89. The van der Waals surface area contributed by atoms with Crippen molar-refractivity contribution in [1.82, 2.24) is 24.9 Å². The highest BCUT2D eigenvalue weighted by atomic mass is 16.5. The molecular formula is C19H23N5O3. The van der Waals surface area contributed by atoms with Crippen LogP contribution in [0.1, 0.15) is 11.3 Å². The van der Waals surface area contributed by atoms with E-state index >= 15 is 0 Å². The summed E-state index contributed by atoms with van der Waals surface area (Å²) in [5, 5.41) is 12.6. The summed E-state index contributed by atoms with van der Waals surface area (Å²) in [6.45, 7) is 4.83. The van der Waals surface area contributed by atoms with E-state index in [1.807, 2.05) is 57.1 Å². The van der Waals surface area contributed by atoms with Crippen LogP contribution in [-0.2, 0) is 16.1 Å². The Balaban J connectivity index is 1.77. The molecule has 0 unspecified atom stereocenters. The van der Waals surface area contributed by atoms with Crippen LogP contribution in [0.4, 0.5) is 0 Å². The van der Waals surface area contributed by atoms with E-state index in [2.05, 4.69) is 15.3 Å². The lowest BCUT2D eigenvalue weighted by atomic mass is 10.1. The lowest BCUT2D eigenvalue weighted by Gasteiger charge is -2.10. The van der Waals surface area contributed by atoms with Crippen molar-refractivity contribution in [1.29, 1.82) is 0 Å². The van der Waals surface area contributed by atoms with E-state index in [0.717, 1.165) is 16.8 Å². The molecule has 0 N–H and O–H groups in total. The number of nitrogens with zero attached hydrogens (tertiary/aromatic N) is 5. The van der Waals surface area contributed by atoms with Crippen LogP contribution in [0.3, 0.4) is 0 Å². The first-order valence-corrected chi connectivity index (χ1v) is 8.68. The molecule has 27 heavy (non-hydrogen) atoms. The maximum Gasteiger partial charge on any atom is 0.327 e. The van der Waals surface area contributed by atoms with Gasteiger partial charge >= 0.3 is 5.97 Å². The minimum Gasteiger partial charge on any atom is -0.463 e. The topological polar surface area (TPSA) is 86.3 Å². The van der Waals surface area contributed by atoms with Crippen molar-refractivity contribution < 1.29 is 13.9 Å². The summed E-state index contributed by atoms with van der Waals surface area (Å²) in [6, 6.07) is 9.63. The zero-order valence-corrected chi connectivity index (χ0v) is 16.0. The average molecular weight is 369 g/mol. The summed E-state index contributed by atoms with van der Waals surface area (Å²) in [5.74, 6) is 0.375. The molecule has 0 radical (unpaired) electrons. The van der Waals surface area contributed by atoms with Crippen LogP contribution in [0, 0.1) is 13.8 Å². The Bertz CT molecular complexity index is 929. The van der Waals surface area contributed by atoms with E-state index in [9.17, 15) is 4.79 Å². The SMILES string of the molecule is Cc1cccc(-c2nnc(-c3cc(C)nn3CC(=O)OCCN(C)C)o2)c1. The molecule has 1 aromatic carbocycles. The number of hydrogen-bond acceptors (Lipinski definition) is 7. The number of carbonyl (C=O) groups excluding carboxylic acids is 1. The third-order valence-corrected chi connectivity index (χ3v) is 3.89. The first-order chi connectivity index (χ1) is 12.9. The summed E-state index contributed by atoms with van der Waals surface area (Å²) in [7, 11) is 3.84. The van der Waals surface area contributed by atoms with Crippen molar-refractivity contribution in [3.05, 3.63) is 41.6 Å². The fourth-order valence-corrected chi connectivity index (χ4v) is 2.57. The van der Waals surface area contributed by atoms with E-state index < -0.39 is 0 Å². The number of carbonyl (C=O) groups is 1. The van der Waals surface area contributed by atoms with Gasteiger partial charge in [-0.05, 0) is 46.1 Å². The van der Waals surface area contributed by atoms with Crippen LogP contribution >= 0.6 is 0 Å². The molecule has 0 aliphatic rings. The smallest absolute Gasteiger partial charge is 0.327 e. The number of benzene rings is 1. The van der Waals surface area contributed by atoms with Gasteiger partial charge in [-0.2, -0.15) is 5.10 Å². The standard InChI is InChI=1S/C19H23N5O3/c1-13-6-5-7-15(10-13)18-20-21-19(27-18)16-11-14(2)22-24(16)12-17(25)26-9-8-23(3)4/h5-7,10-11H,8-9,12H2,1-4H3. The van der Waals surface area contributed by atoms with Gasteiger partial charge in [0, 0.05) is 12.1 Å². The number of rotatable bonds is 7. The predicted molar refractivity (Wildman–Crippen MR) is 99.9 cm³/mol. The Kier molecular flexibility index (Phi) is 5.66. The molecule has 3 rings (SSSR count). The third kappa shape index (κ3) is 4.79. The quantitative estimate of drug-likeness (QED) is 0.591. The van der Waals surface area contributed by atoms with Gasteiger partial charge in [0.25, 0.3) is 5.89 Å². The second-order valence-corrected chi connectivity index (χ2v) is 6.63. The maximum absolute atomic E-state index is 12.1. The summed E-state index contributed by atoms with van der Waals surface area (Å²) in [4.78, 5) is 14.0. The number of aromatic nitrogens is 4. The first-order valence-electron chi connectivity index (χ1n) is 8.68. The molecule has 8 nitrogen and oxygen atoms in total. The highest BCUT2D eigenvalue weighted by Gasteiger charge is 2.18. The van der Waals surface area contributed by atoms with Gasteiger partial charge in [-0.25, -0.2) is 4.68 Å². The zero-order valence-electron chi connectivity index (χ0n) is 16.0. The van der Waals surface area contributed by atoms with Crippen LogP contribution in [0.2, 0.25) is 0 Å². The minimum absolute atomic E-state index is 0.0151. The second-order valence-electron chi connectivity index (χ2n) is 6.63. The Labute approximate surface area is 157 Å². The molecule has 2 heterocycles. The monoisotopic (exact) mass is 369 g/mol. The van der Waals surface area contributed by atoms with E-state index in [4.69, 9.17) is 9.15 Å². The fraction of sp³-hybridized carbons (Fsp3) is 0.368. The molecule has 0 aliphatic heterocycles. The largest absolute Gasteiger partial charge is 0.463 e. The molecule has 0 amide bonds. The molecule has 0 spiro atoms. The van der Waals surface area contributed by atoms with E-state index in [1.54, 1.807) is 6.07 Å². The average Bonchev–Trinajstić information content (AvgIpc) is 3.21. The number of hydrogen-bond donors (Lipinski definition) is 0. The van der Waals surface area contributed by atoms with E-state index in [-0.39, 0.29) is 12.5 Å². The Morgan fingerprint density at radius 1 is 1.19 bits per heavy atom. The molecule has 0 saturated heterocycles. The first kappa shape index (κ1) is 18.8. The zero-order chi connectivity index (χ0) is 19.4. The molecule has 0 aliphatic carbocycles. The minimum atomic E-state index is -0.361. The summed E-state index contributed by atoms with van der Waals surface area (Å²) < 4.78 is 12.6. The predicted octanol–water partition coefficient (Wildman–Crippen LogP) is 2.32. The fourth-order valence-electron chi connectivity index (χ4n) is 2.57. The van der Waals surface area contributed by atoms with Gasteiger partial charge in [-0.15, -0.1) is 10.2 Å². The molecule has 0 bridgehead atoms. The van der Waals surface area contributed by atoms with Crippen LogP contribution in [0.25, 0.3) is 23.0 Å². The molecule has 142 valence electrons. The molecule has 8 heteroatoms. The Morgan fingerprint density at radius 2 is 1.96 bits per heavy atom. The van der Waals surface area contributed by atoms with Gasteiger partial charge < -0.3 is 14.1 Å². The lowest BCUT2D eigenvalue weighted by Crippen LogP contribution is -2.22. The van der Waals surface area contributed by atoms with Gasteiger partial charge in [0.05, 0.1) is 5.69 Å². The molecule has 0 atom stereocenters. The molecular weight excluding hydrogens is 346 g/mol. The molecule has 2 aromatic heterocycles. The molecule has 3 aromatic rings. The lowest BCUT2D eigenvalue weighted by molar-refractivity contribution is -0.144. The van der Waals surface area contributed by atoms with Gasteiger partial charge in [0.2, 0.25) is 5.89 Å². The van der Waals surface area contributed by atoms with E-state index in [0.29, 0.717) is 30.6 Å². The number of ether oxygens (including phenoxy) is 1. The van der Waals surface area contributed by atoms with Crippen molar-refractivity contribution in [2.24, 2.45) is 0 Å². The van der Waals surface area contributed by atoms with Crippen molar-refractivity contribution in [2.45, 2.75) is 20.4 Å². The molecule has 0 fully saturated rings. The van der Waals surface area contributed by atoms with Crippen molar-refractivity contribution >= 4 is 5.97 Å². The van der Waals surface area contributed by atoms with Gasteiger partial charge in [-0.1, -0.05) is 17.7 Å². The highest BCUT2D eigenvalue weighted by molar-refractivity contribution is 5.70. The highest BCUT2D eigenvalue weighted by Crippen LogP contribution is 2.25.